The first-order valence-electron chi connectivity index (χ1n) is 12.5. The van der Waals surface area contributed by atoms with Crippen molar-refractivity contribution >= 4 is 55.1 Å². The minimum Gasteiger partial charge on any atom is -0.352 e. The van der Waals surface area contributed by atoms with Crippen LogP contribution in [0.25, 0.3) is 0 Å². The van der Waals surface area contributed by atoms with Crippen LogP contribution >= 0.6 is 27.5 Å². The summed E-state index contributed by atoms with van der Waals surface area (Å²) in [6, 6.07) is 12.2. The van der Waals surface area contributed by atoms with Crippen LogP contribution in [0.4, 0.5) is 5.69 Å². The molecule has 0 spiro atoms. The first-order valence-corrected chi connectivity index (χ1v) is 15.6. The van der Waals surface area contributed by atoms with E-state index >= 15 is 0 Å². The maximum atomic E-state index is 13.4. The molecule has 37 heavy (non-hydrogen) atoms. The normalized spacial score (nSPS) is 14.8. The molecule has 0 heterocycles. The molecule has 1 atom stereocenters. The summed E-state index contributed by atoms with van der Waals surface area (Å²) in [5, 5.41) is 3.53. The van der Waals surface area contributed by atoms with E-state index in [9.17, 15) is 18.0 Å². The van der Waals surface area contributed by atoms with Crippen molar-refractivity contribution in [3.63, 3.8) is 0 Å². The molecule has 1 fully saturated rings. The number of aryl methyl sites for hydroxylation is 1. The molecule has 0 bridgehead atoms. The van der Waals surface area contributed by atoms with Gasteiger partial charge < -0.3 is 10.2 Å². The number of carbonyl (C=O) groups is 2. The monoisotopic (exact) mass is 611 g/mol. The number of halogens is 2. The molecule has 10 heteroatoms. The standard InChI is InChI=1S/C27H35BrClN3O4S/c1-19-13-14-23(29)17-25(19)32(37(3,35)36)15-7-12-26(33)31(18-21-8-6-9-22(28)16-21)20(2)27(34)30-24-10-4-5-11-24/h6,8-9,13-14,16-17,20,24H,4-5,7,10-12,15,18H2,1-3H3,(H,30,34)/t20-/m0/s1. The van der Waals surface area contributed by atoms with Crippen molar-refractivity contribution in [3.8, 4) is 0 Å². The van der Waals surface area contributed by atoms with Gasteiger partial charge in [-0.25, -0.2) is 8.42 Å². The number of amides is 2. The van der Waals surface area contributed by atoms with Crippen molar-refractivity contribution in [2.75, 3.05) is 17.1 Å². The van der Waals surface area contributed by atoms with E-state index in [4.69, 9.17) is 11.6 Å². The Bertz CT molecular complexity index is 1220. The summed E-state index contributed by atoms with van der Waals surface area (Å²) in [5.41, 5.74) is 2.17. The van der Waals surface area contributed by atoms with E-state index in [2.05, 4.69) is 21.2 Å². The van der Waals surface area contributed by atoms with Gasteiger partial charge in [0.05, 0.1) is 11.9 Å². The molecule has 1 aliphatic carbocycles. The lowest BCUT2D eigenvalue weighted by atomic mass is 10.1. The molecule has 1 aliphatic rings. The van der Waals surface area contributed by atoms with Gasteiger partial charge in [-0.1, -0.05) is 58.6 Å². The van der Waals surface area contributed by atoms with E-state index in [1.165, 1.54) is 4.31 Å². The van der Waals surface area contributed by atoms with Crippen LogP contribution in [0.2, 0.25) is 5.02 Å². The Labute approximate surface area is 233 Å². The Morgan fingerprint density at radius 1 is 1.16 bits per heavy atom. The van der Waals surface area contributed by atoms with Crippen LogP contribution in [0.3, 0.4) is 0 Å². The fraction of sp³-hybridized carbons (Fsp3) is 0.481. The van der Waals surface area contributed by atoms with Crippen LogP contribution in [0.5, 0.6) is 0 Å². The Morgan fingerprint density at radius 2 is 1.86 bits per heavy atom. The van der Waals surface area contributed by atoms with Gasteiger partial charge >= 0.3 is 0 Å². The highest BCUT2D eigenvalue weighted by Crippen LogP contribution is 2.27. The van der Waals surface area contributed by atoms with Crippen LogP contribution < -0.4 is 9.62 Å². The minimum absolute atomic E-state index is 0.0979. The lowest BCUT2D eigenvalue weighted by molar-refractivity contribution is -0.141. The number of hydrogen-bond donors (Lipinski definition) is 1. The lowest BCUT2D eigenvalue weighted by Crippen LogP contribution is -2.49. The van der Waals surface area contributed by atoms with Gasteiger partial charge in [0.25, 0.3) is 0 Å². The Morgan fingerprint density at radius 3 is 2.51 bits per heavy atom. The molecule has 2 amide bonds. The average Bonchev–Trinajstić information content (AvgIpc) is 3.34. The molecule has 0 unspecified atom stereocenters. The zero-order chi connectivity index (χ0) is 27.2. The second kappa shape index (κ2) is 13.1. The molecule has 7 nitrogen and oxygen atoms in total. The topological polar surface area (TPSA) is 86.8 Å². The molecule has 1 saturated carbocycles. The third kappa shape index (κ3) is 8.45. The summed E-state index contributed by atoms with van der Waals surface area (Å²) < 4.78 is 27.3. The predicted molar refractivity (Wildman–Crippen MR) is 152 cm³/mol. The largest absolute Gasteiger partial charge is 0.352 e. The number of benzene rings is 2. The van der Waals surface area contributed by atoms with Crippen molar-refractivity contribution < 1.29 is 18.0 Å². The maximum absolute atomic E-state index is 13.4. The molecule has 3 rings (SSSR count). The summed E-state index contributed by atoms with van der Waals surface area (Å²) in [6.45, 7) is 3.97. The number of anilines is 1. The number of nitrogens with one attached hydrogen (secondary N) is 1. The molecule has 0 aromatic heterocycles. The Kier molecular flexibility index (Phi) is 10.4. The predicted octanol–water partition coefficient (Wildman–Crippen LogP) is 5.43. The number of hydrogen-bond acceptors (Lipinski definition) is 4. The van der Waals surface area contributed by atoms with E-state index in [1.54, 1.807) is 30.0 Å². The SMILES string of the molecule is Cc1ccc(Cl)cc1N(CCCC(=O)N(Cc1cccc(Br)c1)[C@@H](C)C(=O)NC1CCCC1)S(C)(=O)=O. The second-order valence-electron chi connectivity index (χ2n) is 9.69. The van der Waals surface area contributed by atoms with Gasteiger partial charge in [-0.3, -0.25) is 13.9 Å². The smallest absolute Gasteiger partial charge is 0.242 e. The van der Waals surface area contributed by atoms with Gasteiger partial charge in [-0.05, 0) is 68.5 Å². The summed E-state index contributed by atoms with van der Waals surface area (Å²) >= 11 is 9.60. The van der Waals surface area contributed by atoms with Crippen LogP contribution in [-0.4, -0.2) is 50.0 Å². The van der Waals surface area contributed by atoms with Crippen LogP contribution in [0, 0.1) is 6.92 Å². The highest BCUT2D eigenvalue weighted by molar-refractivity contribution is 9.10. The molecular formula is C27H35BrClN3O4S. The van der Waals surface area contributed by atoms with Gasteiger partial charge in [-0.15, -0.1) is 0 Å². The molecule has 0 aliphatic heterocycles. The zero-order valence-electron chi connectivity index (χ0n) is 21.5. The quantitative estimate of drug-likeness (QED) is 0.367. The van der Waals surface area contributed by atoms with Crippen molar-refractivity contribution in [2.45, 2.75) is 71.0 Å². The molecular weight excluding hydrogens is 578 g/mol. The molecule has 1 N–H and O–H groups in total. The van der Waals surface area contributed by atoms with Crippen LogP contribution in [0.15, 0.2) is 46.9 Å². The molecule has 0 radical (unpaired) electrons. The summed E-state index contributed by atoms with van der Waals surface area (Å²) in [4.78, 5) is 28.1. The van der Waals surface area contributed by atoms with Gasteiger partial charge in [0.2, 0.25) is 21.8 Å². The fourth-order valence-corrected chi connectivity index (χ4v) is 6.27. The summed E-state index contributed by atoms with van der Waals surface area (Å²) in [7, 11) is -3.59. The van der Waals surface area contributed by atoms with E-state index in [0.717, 1.165) is 47.5 Å². The average molecular weight is 613 g/mol. The molecule has 2 aromatic rings. The van der Waals surface area contributed by atoms with E-state index < -0.39 is 16.1 Å². The summed E-state index contributed by atoms with van der Waals surface area (Å²) in [5.74, 6) is -0.368. The van der Waals surface area contributed by atoms with Gasteiger partial charge in [-0.2, -0.15) is 0 Å². The number of carbonyl (C=O) groups excluding carboxylic acids is 2. The van der Waals surface area contributed by atoms with Gasteiger partial charge in [0.1, 0.15) is 6.04 Å². The number of nitrogens with zero attached hydrogens (tertiary/aromatic N) is 2. The highest BCUT2D eigenvalue weighted by Gasteiger charge is 2.29. The Hall–Kier alpha value is -2.10. The molecule has 0 saturated heterocycles. The first-order chi connectivity index (χ1) is 17.5. The lowest BCUT2D eigenvalue weighted by Gasteiger charge is -2.30. The maximum Gasteiger partial charge on any atom is 0.242 e. The van der Waals surface area contributed by atoms with E-state index in [-0.39, 0.29) is 37.4 Å². The number of rotatable bonds is 11. The van der Waals surface area contributed by atoms with E-state index in [1.807, 2.05) is 31.2 Å². The number of sulfonamides is 1. The fourth-order valence-electron chi connectivity index (χ4n) is 4.64. The molecule has 202 valence electrons. The van der Waals surface area contributed by atoms with Crippen LogP contribution in [0.1, 0.15) is 56.6 Å². The van der Waals surface area contributed by atoms with Crippen molar-refractivity contribution in [1.82, 2.24) is 10.2 Å². The van der Waals surface area contributed by atoms with E-state index in [0.29, 0.717) is 17.1 Å². The van der Waals surface area contributed by atoms with Gasteiger partial charge in [0, 0.05) is 35.0 Å². The first kappa shape index (κ1) is 29.5. The van der Waals surface area contributed by atoms with Gasteiger partial charge in [0.15, 0.2) is 0 Å². The van der Waals surface area contributed by atoms with Crippen molar-refractivity contribution in [2.24, 2.45) is 0 Å². The second-order valence-corrected chi connectivity index (χ2v) is 12.9. The van der Waals surface area contributed by atoms with Crippen molar-refractivity contribution in [3.05, 3.63) is 63.1 Å². The molecule has 2 aromatic carbocycles. The van der Waals surface area contributed by atoms with Crippen LogP contribution in [-0.2, 0) is 26.2 Å². The highest BCUT2D eigenvalue weighted by atomic mass is 79.9. The third-order valence-corrected chi connectivity index (χ3v) is 8.61. The Balaban J connectivity index is 1.74. The summed E-state index contributed by atoms with van der Waals surface area (Å²) in [6.07, 6.45) is 5.66. The minimum atomic E-state index is -3.59. The zero-order valence-corrected chi connectivity index (χ0v) is 24.7. The van der Waals surface area contributed by atoms with Crippen molar-refractivity contribution in [1.29, 1.82) is 0 Å². The third-order valence-electron chi connectivity index (χ3n) is 6.70.